The highest BCUT2D eigenvalue weighted by Gasteiger charge is 2.18. The molecule has 2 heterocycles. The van der Waals surface area contributed by atoms with Crippen molar-refractivity contribution in [3.05, 3.63) is 71.8 Å². The summed E-state index contributed by atoms with van der Waals surface area (Å²) in [6.45, 7) is 0.387. The first-order valence-electron chi connectivity index (χ1n) is 9.40. The van der Waals surface area contributed by atoms with Crippen molar-refractivity contribution in [2.24, 2.45) is 0 Å². The third-order valence-corrected chi connectivity index (χ3v) is 4.68. The number of hydrogen-bond donors (Lipinski definition) is 2. The van der Waals surface area contributed by atoms with E-state index in [2.05, 4.69) is 10.1 Å². The molecule has 8 heteroatoms. The molecule has 0 aliphatic rings. The molecule has 7 nitrogen and oxygen atoms in total. The van der Waals surface area contributed by atoms with Crippen LogP contribution < -0.4 is 15.2 Å². The Labute approximate surface area is 172 Å². The molecule has 0 aliphatic heterocycles. The smallest absolute Gasteiger partial charge is 0.167 e. The van der Waals surface area contributed by atoms with E-state index in [1.165, 1.54) is 12.1 Å². The van der Waals surface area contributed by atoms with Gasteiger partial charge in [0.25, 0.3) is 0 Å². The largest absolute Gasteiger partial charge is 0.497 e. The molecule has 0 saturated heterocycles. The van der Waals surface area contributed by atoms with Crippen LogP contribution in [0.25, 0.3) is 11.0 Å². The van der Waals surface area contributed by atoms with E-state index >= 15 is 0 Å². The predicted molar refractivity (Wildman–Crippen MR) is 111 cm³/mol. The van der Waals surface area contributed by atoms with Crippen molar-refractivity contribution >= 4 is 16.7 Å². The van der Waals surface area contributed by atoms with Gasteiger partial charge in [0.2, 0.25) is 0 Å². The van der Waals surface area contributed by atoms with Crippen molar-refractivity contribution in [1.29, 1.82) is 0 Å². The van der Waals surface area contributed by atoms with E-state index in [0.29, 0.717) is 41.1 Å². The third kappa shape index (κ3) is 3.90. The van der Waals surface area contributed by atoms with E-state index in [9.17, 15) is 9.50 Å². The number of hydrogen-bond acceptors (Lipinski definition) is 6. The molecule has 0 spiro atoms. The second-order valence-corrected chi connectivity index (χ2v) is 6.73. The zero-order valence-corrected chi connectivity index (χ0v) is 16.4. The quantitative estimate of drug-likeness (QED) is 0.454. The van der Waals surface area contributed by atoms with Crippen LogP contribution in [0.1, 0.15) is 11.3 Å². The van der Waals surface area contributed by atoms with E-state index in [4.69, 9.17) is 15.2 Å². The summed E-state index contributed by atoms with van der Waals surface area (Å²) in [6, 6.07) is 13.5. The number of fused-ring (bicyclic) bond motifs is 1. The number of pyridine rings is 1. The van der Waals surface area contributed by atoms with E-state index in [1.54, 1.807) is 30.1 Å². The minimum atomic E-state index is -0.561. The zero-order chi connectivity index (χ0) is 21.1. The van der Waals surface area contributed by atoms with Crippen molar-refractivity contribution in [2.45, 2.75) is 13.0 Å². The molecule has 0 saturated carbocycles. The molecule has 154 valence electrons. The van der Waals surface area contributed by atoms with Crippen molar-refractivity contribution in [3.63, 3.8) is 0 Å². The van der Waals surface area contributed by atoms with Gasteiger partial charge in [-0.2, -0.15) is 5.10 Å². The number of nitrogens with zero attached hydrogens (tertiary/aromatic N) is 3. The minimum Gasteiger partial charge on any atom is -0.497 e. The van der Waals surface area contributed by atoms with Crippen LogP contribution in [0, 0.1) is 5.82 Å². The number of nitrogen functional groups attached to an aromatic ring is 1. The summed E-state index contributed by atoms with van der Waals surface area (Å²) in [6.07, 6.45) is 1.90. The van der Waals surface area contributed by atoms with Gasteiger partial charge >= 0.3 is 0 Å². The van der Waals surface area contributed by atoms with Crippen LogP contribution in [0.5, 0.6) is 17.2 Å². The molecule has 0 aliphatic carbocycles. The maximum absolute atomic E-state index is 14.2. The Morgan fingerprint density at radius 3 is 2.60 bits per heavy atom. The number of methoxy groups -OCH3 is 1. The molecule has 2 aromatic heterocycles. The number of benzene rings is 2. The lowest BCUT2D eigenvalue weighted by molar-refractivity contribution is 0.298. The Hall–Kier alpha value is -3.65. The number of rotatable bonds is 7. The molecular weight excluding hydrogens is 387 g/mol. The van der Waals surface area contributed by atoms with E-state index in [1.807, 2.05) is 24.3 Å². The fourth-order valence-electron chi connectivity index (χ4n) is 3.24. The van der Waals surface area contributed by atoms with Gasteiger partial charge in [0, 0.05) is 31.0 Å². The Kier molecular flexibility index (Phi) is 5.49. The fourth-order valence-corrected chi connectivity index (χ4v) is 3.24. The maximum Gasteiger partial charge on any atom is 0.167 e. The van der Waals surface area contributed by atoms with Crippen LogP contribution in [0.2, 0.25) is 0 Å². The van der Waals surface area contributed by atoms with E-state index in [-0.39, 0.29) is 12.4 Å². The van der Waals surface area contributed by atoms with Crippen molar-refractivity contribution < 1.29 is 19.0 Å². The standard InChI is InChI=1S/C22H21FN4O3/c1-29-16-5-2-14(3-6-16)13-27-22-21(18(26-27)9-11-28)20(8-10-25-22)30-19-7-4-15(24)12-17(19)23/h2-8,10,12,28H,9,11,13,24H2,1H3. The highest BCUT2D eigenvalue weighted by Crippen LogP contribution is 2.33. The van der Waals surface area contributed by atoms with Gasteiger partial charge in [-0.1, -0.05) is 12.1 Å². The van der Waals surface area contributed by atoms with Crippen molar-refractivity contribution in [1.82, 2.24) is 14.8 Å². The van der Waals surface area contributed by atoms with Gasteiger partial charge in [-0.25, -0.2) is 14.1 Å². The highest BCUT2D eigenvalue weighted by molar-refractivity contribution is 5.85. The summed E-state index contributed by atoms with van der Waals surface area (Å²) in [4.78, 5) is 4.45. The van der Waals surface area contributed by atoms with Gasteiger partial charge in [-0.3, -0.25) is 0 Å². The van der Waals surface area contributed by atoms with Gasteiger partial charge in [-0.15, -0.1) is 0 Å². The molecule has 0 amide bonds. The second-order valence-electron chi connectivity index (χ2n) is 6.73. The fraction of sp³-hybridized carbons (Fsp3) is 0.182. The molecule has 2 aromatic carbocycles. The van der Waals surface area contributed by atoms with Crippen LogP contribution in [-0.4, -0.2) is 33.6 Å². The molecule has 4 rings (SSSR count). The molecule has 0 fully saturated rings. The lowest BCUT2D eigenvalue weighted by atomic mass is 10.2. The summed E-state index contributed by atoms with van der Waals surface area (Å²) in [7, 11) is 1.62. The highest BCUT2D eigenvalue weighted by atomic mass is 19.1. The number of aliphatic hydroxyl groups excluding tert-OH is 1. The van der Waals surface area contributed by atoms with Crippen LogP contribution in [0.4, 0.5) is 10.1 Å². The first kappa shape index (κ1) is 19.7. The van der Waals surface area contributed by atoms with Crippen LogP contribution in [0.15, 0.2) is 54.7 Å². The van der Waals surface area contributed by atoms with Crippen LogP contribution >= 0.6 is 0 Å². The van der Waals surface area contributed by atoms with E-state index < -0.39 is 5.82 Å². The van der Waals surface area contributed by atoms with Crippen molar-refractivity contribution in [3.8, 4) is 17.2 Å². The predicted octanol–water partition coefficient (Wildman–Crippen LogP) is 3.54. The Morgan fingerprint density at radius 1 is 1.10 bits per heavy atom. The average molecular weight is 408 g/mol. The van der Waals surface area contributed by atoms with Gasteiger partial charge in [0.15, 0.2) is 17.2 Å². The minimum absolute atomic E-state index is 0.0505. The first-order valence-corrected chi connectivity index (χ1v) is 9.40. The van der Waals surface area contributed by atoms with Gasteiger partial charge in [0.05, 0.1) is 24.7 Å². The number of anilines is 1. The number of ether oxygens (including phenoxy) is 2. The average Bonchev–Trinajstić information content (AvgIpc) is 3.09. The molecule has 0 unspecified atom stereocenters. The monoisotopic (exact) mass is 408 g/mol. The molecule has 3 N–H and O–H groups in total. The number of aromatic nitrogens is 3. The maximum atomic E-state index is 14.2. The molecule has 30 heavy (non-hydrogen) atoms. The van der Waals surface area contributed by atoms with Crippen LogP contribution in [-0.2, 0) is 13.0 Å². The lowest BCUT2D eigenvalue weighted by Gasteiger charge is -2.09. The summed E-state index contributed by atoms with van der Waals surface area (Å²) >= 11 is 0. The Bertz CT molecular complexity index is 1180. The summed E-state index contributed by atoms with van der Waals surface area (Å²) in [5.41, 5.74) is 8.15. The lowest BCUT2D eigenvalue weighted by Crippen LogP contribution is -2.03. The van der Waals surface area contributed by atoms with Gasteiger partial charge < -0.3 is 20.3 Å². The number of halogens is 1. The first-order chi connectivity index (χ1) is 14.6. The Morgan fingerprint density at radius 2 is 1.90 bits per heavy atom. The third-order valence-electron chi connectivity index (χ3n) is 4.68. The molecule has 0 atom stereocenters. The SMILES string of the molecule is COc1ccc(Cn2nc(CCO)c3c(Oc4ccc(N)cc4F)ccnc32)cc1. The summed E-state index contributed by atoms with van der Waals surface area (Å²) in [5, 5.41) is 14.8. The molecule has 4 aromatic rings. The molecular formula is C22H21FN4O3. The summed E-state index contributed by atoms with van der Waals surface area (Å²) in [5.74, 6) is 0.668. The van der Waals surface area contributed by atoms with Gasteiger partial charge in [-0.05, 0) is 35.9 Å². The number of nitrogens with two attached hydrogens (primary N) is 1. The summed E-state index contributed by atoms with van der Waals surface area (Å²) < 4.78 is 27.0. The normalized spacial score (nSPS) is 11.0. The van der Waals surface area contributed by atoms with E-state index in [0.717, 1.165) is 11.3 Å². The van der Waals surface area contributed by atoms with Crippen LogP contribution in [0.3, 0.4) is 0 Å². The molecule has 0 radical (unpaired) electrons. The second kappa shape index (κ2) is 8.38. The van der Waals surface area contributed by atoms with Crippen molar-refractivity contribution in [2.75, 3.05) is 19.5 Å². The molecule has 0 bridgehead atoms. The Balaban J connectivity index is 1.75. The zero-order valence-electron chi connectivity index (χ0n) is 16.4. The number of aliphatic hydroxyl groups is 1. The topological polar surface area (TPSA) is 95.4 Å². The van der Waals surface area contributed by atoms with Gasteiger partial charge in [0.1, 0.15) is 11.5 Å².